The number of nitrogens with zero attached hydrogens (tertiary/aromatic N) is 1. The lowest BCUT2D eigenvalue weighted by atomic mass is 10.0. The molecule has 0 bridgehead atoms. The van der Waals surface area contributed by atoms with Crippen LogP contribution in [0, 0.1) is 6.92 Å². The van der Waals surface area contributed by atoms with E-state index < -0.39 is 10.0 Å². The summed E-state index contributed by atoms with van der Waals surface area (Å²) in [5, 5.41) is 2.81. The Morgan fingerprint density at radius 3 is 2.78 bits per heavy atom. The summed E-state index contributed by atoms with van der Waals surface area (Å²) in [6.07, 6.45) is 1.55. The molecule has 1 heterocycles. The summed E-state index contributed by atoms with van der Waals surface area (Å²) in [7, 11) is -3.29. The van der Waals surface area contributed by atoms with Gasteiger partial charge >= 0.3 is 0 Å². The number of nitrogens with one attached hydrogen (secondary N) is 1. The molecule has 1 amide bonds. The molecule has 144 valence electrons. The first kappa shape index (κ1) is 19.2. The Labute approximate surface area is 160 Å². The van der Waals surface area contributed by atoms with Gasteiger partial charge in [-0.05, 0) is 68.1 Å². The Bertz CT molecular complexity index is 941. The van der Waals surface area contributed by atoms with Crippen LogP contribution in [0.2, 0.25) is 0 Å². The van der Waals surface area contributed by atoms with Crippen LogP contribution < -0.4 is 14.4 Å². The van der Waals surface area contributed by atoms with Gasteiger partial charge in [-0.15, -0.1) is 0 Å². The van der Waals surface area contributed by atoms with Crippen LogP contribution in [0.25, 0.3) is 0 Å². The van der Waals surface area contributed by atoms with Crippen molar-refractivity contribution in [3.63, 3.8) is 0 Å². The summed E-state index contributed by atoms with van der Waals surface area (Å²) in [6.45, 7) is 4.02. The van der Waals surface area contributed by atoms with Crippen molar-refractivity contribution >= 4 is 27.3 Å². The Kier molecular flexibility index (Phi) is 5.70. The Morgan fingerprint density at radius 2 is 2.04 bits per heavy atom. The zero-order valence-electron chi connectivity index (χ0n) is 15.6. The summed E-state index contributed by atoms with van der Waals surface area (Å²) < 4.78 is 31.5. The first-order chi connectivity index (χ1) is 12.9. The van der Waals surface area contributed by atoms with Crippen LogP contribution in [0.1, 0.15) is 24.5 Å². The number of amides is 1. The first-order valence-electron chi connectivity index (χ1n) is 9.01. The number of carbonyl (C=O) groups is 1. The predicted octanol–water partition coefficient (Wildman–Crippen LogP) is 3.11. The minimum absolute atomic E-state index is 0.0707. The maximum absolute atomic E-state index is 12.3. The molecule has 0 aliphatic carbocycles. The van der Waals surface area contributed by atoms with Gasteiger partial charge in [-0.2, -0.15) is 0 Å². The van der Waals surface area contributed by atoms with Crippen LogP contribution in [-0.2, 0) is 21.2 Å². The van der Waals surface area contributed by atoms with Crippen molar-refractivity contribution in [3.8, 4) is 5.75 Å². The third-order valence-corrected chi connectivity index (χ3v) is 6.28. The molecule has 0 spiro atoms. The summed E-state index contributed by atoms with van der Waals surface area (Å²) in [6, 6.07) is 12.9. The molecule has 2 aromatic carbocycles. The lowest BCUT2D eigenvalue weighted by molar-refractivity contribution is -0.118. The second kappa shape index (κ2) is 8.00. The number of ether oxygens (including phenoxy) is 1. The van der Waals surface area contributed by atoms with E-state index in [1.54, 1.807) is 19.1 Å². The summed E-state index contributed by atoms with van der Waals surface area (Å²) >= 11 is 0. The number of anilines is 2. The van der Waals surface area contributed by atoms with Gasteiger partial charge in [0.25, 0.3) is 5.91 Å². The molecule has 0 saturated carbocycles. The molecule has 0 saturated heterocycles. The van der Waals surface area contributed by atoms with Crippen molar-refractivity contribution in [2.45, 2.75) is 26.7 Å². The smallest absolute Gasteiger partial charge is 0.262 e. The molecular weight excluding hydrogens is 364 g/mol. The molecule has 1 aliphatic heterocycles. The molecule has 0 radical (unpaired) electrons. The van der Waals surface area contributed by atoms with Gasteiger partial charge in [0.2, 0.25) is 10.0 Å². The Hall–Kier alpha value is -2.54. The highest BCUT2D eigenvalue weighted by molar-refractivity contribution is 7.92. The molecular formula is C20H24N2O4S. The van der Waals surface area contributed by atoms with Crippen LogP contribution in [-0.4, -0.2) is 33.2 Å². The predicted molar refractivity (Wildman–Crippen MR) is 107 cm³/mol. The van der Waals surface area contributed by atoms with Gasteiger partial charge in [0.1, 0.15) is 5.75 Å². The van der Waals surface area contributed by atoms with Crippen molar-refractivity contribution < 1.29 is 17.9 Å². The van der Waals surface area contributed by atoms with Crippen LogP contribution in [0.3, 0.4) is 0 Å². The fourth-order valence-corrected chi connectivity index (χ4v) is 4.33. The number of aryl methyl sites for hydroxylation is 2. The molecule has 0 unspecified atom stereocenters. The molecule has 6 nitrogen and oxygen atoms in total. The molecule has 1 aliphatic rings. The average molecular weight is 388 g/mol. The van der Waals surface area contributed by atoms with Crippen molar-refractivity contribution in [2.75, 3.05) is 28.5 Å². The molecule has 1 N–H and O–H groups in total. The number of benzene rings is 2. The highest BCUT2D eigenvalue weighted by Crippen LogP contribution is 2.31. The average Bonchev–Trinajstić information content (AvgIpc) is 2.66. The van der Waals surface area contributed by atoms with E-state index in [0.29, 0.717) is 23.7 Å². The van der Waals surface area contributed by atoms with E-state index in [2.05, 4.69) is 5.32 Å². The number of hydrogen-bond donors (Lipinski definition) is 1. The van der Waals surface area contributed by atoms with Gasteiger partial charge in [0.05, 0.1) is 11.4 Å². The third-order valence-electron chi connectivity index (χ3n) is 4.50. The first-order valence-corrected chi connectivity index (χ1v) is 10.6. The quantitative estimate of drug-likeness (QED) is 0.825. The molecule has 3 rings (SSSR count). The fourth-order valence-electron chi connectivity index (χ4n) is 3.14. The Balaban J connectivity index is 1.67. The molecule has 7 heteroatoms. The SMILES string of the molecule is CCS(=O)(=O)N1CCCc2cc(NC(=O)COc3cccc(C)c3)ccc21. The van der Waals surface area contributed by atoms with Gasteiger partial charge in [0.15, 0.2) is 6.61 Å². The van der Waals surface area contributed by atoms with Gasteiger partial charge in [-0.3, -0.25) is 9.10 Å². The normalized spacial score (nSPS) is 13.8. The van der Waals surface area contributed by atoms with Gasteiger partial charge in [-0.1, -0.05) is 12.1 Å². The van der Waals surface area contributed by atoms with E-state index in [1.165, 1.54) is 4.31 Å². The van der Waals surface area contributed by atoms with Crippen molar-refractivity contribution in [1.82, 2.24) is 0 Å². The monoisotopic (exact) mass is 388 g/mol. The second-order valence-electron chi connectivity index (χ2n) is 6.57. The van der Waals surface area contributed by atoms with E-state index in [9.17, 15) is 13.2 Å². The van der Waals surface area contributed by atoms with Crippen LogP contribution in [0.4, 0.5) is 11.4 Å². The molecule has 0 fully saturated rings. The topological polar surface area (TPSA) is 75.7 Å². The van der Waals surface area contributed by atoms with Gasteiger partial charge < -0.3 is 10.1 Å². The lowest BCUT2D eigenvalue weighted by Crippen LogP contribution is -2.36. The largest absolute Gasteiger partial charge is 0.484 e. The van der Waals surface area contributed by atoms with Crippen LogP contribution in [0.5, 0.6) is 5.75 Å². The van der Waals surface area contributed by atoms with Gasteiger partial charge in [-0.25, -0.2) is 8.42 Å². The molecule has 27 heavy (non-hydrogen) atoms. The van der Waals surface area contributed by atoms with Crippen LogP contribution in [0.15, 0.2) is 42.5 Å². The van der Waals surface area contributed by atoms with E-state index in [-0.39, 0.29) is 18.3 Å². The van der Waals surface area contributed by atoms with E-state index in [4.69, 9.17) is 4.74 Å². The molecule has 0 aromatic heterocycles. The second-order valence-corrected chi connectivity index (χ2v) is 8.76. The van der Waals surface area contributed by atoms with E-state index >= 15 is 0 Å². The summed E-state index contributed by atoms with van der Waals surface area (Å²) in [5.41, 5.74) is 3.34. The van der Waals surface area contributed by atoms with Crippen LogP contribution >= 0.6 is 0 Å². The number of fused-ring (bicyclic) bond motifs is 1. The number of sulfonamides is 1. The highest BCUT2D eigenvalue weighted by atomic mass is 32.2. The van der Waals surface area contributed by atoms with Gasteiger partial charge in [0, 0.05) is 12.2 Å². The van der Waals surface area contributed by atoms with Crippen molar-refractivity contribution in [1.29, 1.82) is 0 Å². The Morgan fingerprint density at radius 1 is 1.22 bits per heavy atom. The highest BCUT2D eigenvalue weighted by Gasteiger charge is 2.26. The number of carbonyl (C=O) groups excluding carboxylic acids is 1. The zero-order valence-corrected chi connectivity index (χ0v) is 16.4. The third kappa shape index (κ3) is 4.60. The maximum atomic E-state index is 12.3. The minimum atomic E-state index is -3.29. The molecule has 2 aromatic rings. The van der Waals surface area contributed by atoms with Crippen molar-refractivity contribution in [3.05, 3.63) is 53.6 Å². The maximum Gasteiger partial charge on any atom is 0.262 e. The fraction of sp³-hybridized carbons (Fsp3) is 0.350. The summed E-state index contributed by atoms with van der Waals surface area (Å²) in [4.78, 5) is 12.2. The standard InChI is InChI=1S/C20H24N2O4S/c1-3-27(24,25)22-11-5-7-16-13-17(9-10-19(16)22)21-20(23)14-26-18-8-4-6-15(2)12-18/h4,6,8-10,12-13H,3,5,7,11,14H2,1-2H3,(H,21,23). The zero-order chi connectivity index (χ0) is 19.4. The lowest BCUT2D eigenvalue weighted by Gasteiger charge is -2.30. The van der Waals surface area contributed by atoms with E-state index in [0.717, 1.165) is 24.0 Å². The molecule has 0 atom stereocenters. The van der Waals surface area contributed by atoms with Crippen molar-refractivity contribution in [2.24, 2.45) is 0 Å². The number of hydrogen-bond acceptors (Lipinski definition) is 4. The minimum Gasteiger partial charge on any atom is -0.484 e. The number of rotatable bonds is 6. The summed E-state index contributed by atoms with van der Waals surface area (Å²) in [5.74, 6) is 0.461. The van der Waals surface area contributed by atoms with E-state index in [1.807, 2.05) is 37.3 Å².